The summed E-state index contributed by atoms with van der Waals surface area (Å²) in [6, 6.07) is 3.83. The van der Waals surface area contributed by atoms with Gasteiger partial charge in [-0.05, 0) is 12.1 Å². The van der Waals surface area contributed by atoms with E-state index in [1.54, 1.807) is 19.4 Å². The Labute approximate surface area is 114 Å². The van der Waals surface area contributed by atoms with Crippen LogP contribution in [0.1, 0.15) is 11.4 Å². The number of nitrogens with zero attached hydrogens (tertiary/aromatic N) is 3. The summed E-state index contributed by atoms with van der Waals surface area (Å²) in [5.41, 5.74) is 0.221. The minimum atomic E-state index is -4.42. The molecule has 2 rings (SSSR count). The molecule has 2 heterocycles. The number of pyridine rings is 1. The van der Waals surface area contributed by atoms with Gasteiger partial charge in [-0.3, -0.25) is 4.68 Å². The Kier molecular flexibility index (Phi) is 4.77. The SMILES string of the molecule is CNc1cnn(Cc2cccc(C(F)(F)F)n2)c1.Cl. The molecule has 0 aliphatic heterocycles. The van der Waals surface area contributed by atoms with Gasteiger partial charge < -0.3 is 5.32 Å². The van der Waals surface area contributed by atoms with Gasteiger partial charge in [0.05, 0.1) is 24.1 Å². The lowest BCUT2D eigenvalue weighted by Crippen LogP contribution is -2.10. The topological polar surface area (TPSA) is 42.7 Å². The van der Waals surface area contributed by atoms with Crippen molar-refractivity contribution in [2.24, 2.45) is 0 Å². The van der Waals surface area contributed by atoms with Gasteiger partial charge in [-0.25, -0.2) is 4.98 Å². The van der Waals surface area contributed by atoms with Crippen molar-refractivity contribution in [2.75, 3.05) is 12.4 Å². The number of nitrogens with one attached hydrogen (secondary N) is 1. The highest BCUT2D eigenvalue weighted by Crippen LogP contribution is 2.27. The molecular formula is C11H12ClF3N4. The second kappa shape index (κ2) is 5.92. The van der Waals surface area contributed by atoms with E-state index < -0.39 is 11.9 Å². The molecule has 8 heteroatoms. The summed E-state index contributed by atoms with van der Waals surface area (Å²) in [6.07, 6.45) is -1.13. The van der Waals surface area contributed by atoms with Crippen molar-refractivity contribution in [3.8, 4) is 0 Å². The first-order valence-electron chi connectivity index (χ1n) is 5.22. The Bertz CT molecular complexity index is 539. The molecule has 0 saturated carbocycles. The lowest BCUT2D eigenvalue weighted by Gasteiger charge is -2.07. The highest BCUT2D eigenvalue weighted by Gasteiger charge is 2.32. The predicted molar refractivity (Wildman–Crippen MR) is 67.4 cm³/mol. The quantitative estimate of drug-likeness (QED) is 0.946. The third kappa shape index (κ3) is 3.85. The second-order valence-electron chi connectivity index (χ2n) is 3.69. The van der Waals surface area contributed by atoms with E-state index in [0.717, 1.165) is 11.8 Å². The molecule has 19 heavy (non-hydrogen) atoms. The summed E-state index contributed by atoms with van der Waals surface area (Å²) in [5.74, 6) is 0. The Morgan fingerprint density at radius 1 is 1.32 bits per heavy atom. The first-order chi connectivity index (χ1) is 8.49. The normalized spacial score (nSPS) is 10.9. The standard InChI is InChI=1S/C11H11F3N4.ClH/c1-15-9-5-16-18(7-9)6-8-3-2-4-10(17-8)11(12,13)14;/h2-5,7,15H,6H2,1H3;1H. The van der Waals surface area contributed by atoms with Crippen LogP contribution in [0.2, 0.25) is 0 Å². The van der Waals surface area contributed by atoms with Crippen LogP contribution < -0.4 is 5.32 Å². The van der Waals surface area contributed by atoms with E-state index in [9.17, 15) is 13.2 Å². The van der Waals surface area contributed by atoms with Crippen LogP contribution in [-0.2, 0) is 12.7 Å². The van der Waals surface area contributed by atoms with Gasteiger partial charge in [0.25, 0.3) is 0 Å². The van der Waals surface area contributed by atoms with E-state index in [4.69, 9.17) is 0 Å². The lowest BCUT2D eigenvalue weighted by atomic mass is 10.3. The minimum absolute atomic E-state index is 0. The molecule has 104 valence electrons. The maximum absolute atomic E-state index is 12.5. The average Bonchev–Trinajstić information content (AvgIpc) is 2.76. The molecule has 0 spiro atoms. The van der Waals surface area contributed by atoms with E-state index in [1.165, 1.54) is 16.8 Å². The minimum Gasteiger partial charge on any atom is -0.386 e. The fourth-order valence-corrected chi connectivity index (χ4v) is 1.47. The van der Waals surface area contributed by atoms with Gasteiger partial charge in [-0.1, -0.05) is 6.07 Å². The Balaban J connectivity index is 0.00000180. The van der Waals surface area contributed by atoms with Gasteiger partial charge >= 0.3 is 6.18 Å². The fourth-order valence-electron chi connectivity index (χ4n) is 1.47. The maximum Gasteiger partial charge on any atom is 0.433 e. The summed E-state index contributed by atoms with van der Waals surface area (Å²) in [6.45, 7) is 0.200. The zero-order valence-corrected chi connectivity index (χ0v) is 10.8. The smallest absolute Gasteiger partial charge is 0.386 e. The van der Waals surface area contributed by atoms with Crippen LogP contribution in [0.25, 0.3) is 0 Å². The number of anilines is 1. The highest BCUT2D eigenvalue weighted by molar-refractivity contribution is 5.85. The number of aromatic nitrogens is 3. The molecule has 0 fully saturated rings. The molecule has 0 atom stereocenters. The second-order valence-corrected chi connectivity index (χ2v) is 3.69. The van der Waals surface area contributed by atoms with E-state index in [1.807, 2.05) is 0 Å². The van der Waals surface area contributed by atoms with Gasteiger partial charge in [0.1, 0.15) is 5.69 Å². The van der Waals surface area contributed by atoms with Gasteiger partial charge in [-0.2, -0.15) is 18.3 Å². The molecule has 0 aliphatic carbocycles. The molecule has 0 saturated heterocycles. The van der Waals surface area contributed by atoms with E-state index >= 15 is 0 Å². The molecule has 2 aromatic rings. The van der Waals surface area contributed by atoms with Gasteiger partial charge in [0, 0.05) is 13.2 Å². The van der Waals surface area contributed by atoms with Crippen LogP contribution in [0.15, 0.2) is 30.6 Å². The van der Waals surface area contributed by atoms with Crippen molar-refractivity contribution in [3.63, 3.8) is 0 Å². The van der Waals surface area contributed by atoms with Crippen LogP contribution in [-0.4, -0.2) is 21.8 Å². The molecule has 4 nitrogen and oxygen atoms in total. The molecule has 1 N–H and O–H groups in total. The first kappa shape index (κ1) is 15.3. The molecular weight excluding hydrogens is 281 g/mol. The molecule has 0 amide bonds. The Hall–Kier alpha value is -1.76. The van der Waals surface area contributed by atoms with Crippen molar-refractivity contribution in [1.29, 1.82) is 0 Å². The molecule has 2 aromatic heterocycles. The van der Waals surface area contributed by atoms with Crippen LogP contribution >= 0.6 is 12.4 Å². The lowest BCUT2D eigenvalue weighted by molar-refractivity contribution is -0.141. The van der Waals surface area contributed by atoms with Crippen LogP contribution in [0, 0.1) is 0 Å². The monoisotopic (exact) mass is 292 g/mol. The molecule has 0 radical (unpaired) electrons. The first-order valence-corrected chi connectivity index (χ1v) is 5.22. The summed E-state index contributed by atoms with van der Waals surface area (Å²) in [4.78, 5) is 3.57. The molecule has 0 unspecified atom stereocenters. The van der Waals surface area contributed by atoms with Crippen molar-refractivity contribution >= 4 is 18.1 Å². The average molecular weight is 293 g/mol. The summed E-state index contributed by atoms with van der Waals surface area (Å²) in [7, 11) is 1.74. The van der Waals surface area contributed by atoms with Crippen molar-refractivity contribution < 1.29 is 13.2 Å². The third-order valence-electron chi connectivity index (χ3n) is 2.34. The van der Waals surface area contributed by atoms with E-state index in [2.05, 4.69) is 15.4 Å². The van der Waals surface area contributed by atoms with Gasteiger partial charge in [0.15, 0.2) is 0 Å². The number of rotatable bonds is 3. The molecule has 0 bridgehead atoms. The van der Waals surface area contributed by atoms with E-state index in [-0.39, 0.29) is 19.0 Å². The number of hydrogen-bond acceptors (Lipinski definition) is 3. The largest absolute Gasteiger partial charge is 0.433 e. The van der Waals surface area contributed by atoms with Gasteiger partial charge in [0.2, 0.25) is 0 Å². The summed E-state index contributed by atoms with van der Waals surface area (Å²) >= 11 is 0. The summed E-state index contributed by atoms with van der Waals surface area (Å²) < 4.78 is 38.9. The van der Waals surface area contributed by atoms with Crippen molar-refractivity contribution in [3.05, 3.63) is 42.0 Å². The number of alkyl halides is 3. The van der Waals surface area contributed by atoms with Crippen molar-refractivity contribution in [1.82, 2.24) is 14.8 Å². The number of hydrogen-bond donors (Lipinski definition) is 1. The van der Waals surface area contributed by atoms with Crippen LogP contribution in [0.3, 0.4) is 0 Å². The molecule has 0 aliphatic rings. The summed E-state index contributed by atoms with van der Waals surface area (Å²) in [5, 5.41) is 6.89. The Morgan fingerprint density at radius 3 is 2.63 bits per heavy atom. The van der Waals surface area contributed by atoms with Crippen LogP contribution in [0.4, 0.5) is 18.9 Å². The molecule has 0 aromatic carbocycles. The van der Waals surface area contributed by atoms with Gasteiger partial charge in [-0.15, -0.1) is 12.4 Å². The zero-order chi connectivity index (χ0) is 13.2. The zero-order valence-electron chi connectivity index (χ0n) is 9.98. The third-order valence-corrected chi connectivity index (χ3v) is 2.34. The maximum atomic E-state index is 12.5. The highest BCUT2D eigenvalue weighted by atomic mass is 35.5. The van der Waals surface area contributed by atoms with Crippen LogP contribution in [0.5, 0.6) is 0 Å². The van der Waals surface area contributed by atoms with E-state index in [0.29, 0.717) is 5.69 Å². The Morgan fingerprint density at radius 2 is 2.05 bits per heavy atom. The fraction of sp³-hybridized carbons (Fsp3) is 0.273. The number of halogens is 4. The van der Waals surface area contributed by atoms with Crippen molar-refractivity contribution in [2.45, 2.75) is 12.7 Å². The predicted octanol–water partition coefficient (Wildman–Crippen LogP) is 2.81.